The van der Waals surface area contributed by atoms with E-state index in [4.69, 9.17) is 4.74 Å². The zero-order chi connectivity index (χ0) is 15.2. The summed E-state index contributed by atoms with van der Waals surface area (Å²) < 4.78 is 6.06. The van der Waals surface area contributed by atoms with Gasteiger partial charge in [-0.15, -0.1) is 0 Å². The Balaban J connectivity index is 2.55. The summed E-state index contributed by atoms with van der Waals surface area (Å²) in [5.74, 6) is 0.979. The third-order valence-corrected chi connectivity index (χ3v) is 3.47. The minimum Gasteiger partial charge on any atom is -0.491 e. The molecule has 1 rings (SSSR count). The summed E-state index contributed by atoms with van der Waals surface area (Å²) in [6.45, 7) is 14.3. The monoisotopic (exact) mass is 277 g/mol. The van der Waals surface area contributed by atoms with Crippen LogP contribution in [0.25, 0.3) is 0 Å². The van der Waals surface area contributed by atoms with Crippen LogP contribution in [0.15, 0.2) is 24.3 Å². The molecule has 0 aliphatic rings. The number of nitrogens with one attached hydrogen (secondary N) is 1. The van der Waals surface area contributed by atoms with E-state index >= 15 is 0 Å². The fourth-order valence-electron chi connectivity index (χ4n) is 2.29. The normalized spacial score (nSPS) is 14.9. The van der Waals surface area contributed by atoms with Gasteiger partial charge in [0.25, 0.3) is 0 Å². The van der Waals surface area contributed by atoms with Gasteiger partial charge in [-0.1, -0.05) is 39.8 Å². The number of hydrogen-bond donors (Lipinski definition) is 1. The lowest BCUT2D eigenvalue weighted by Crippen LogP contribution is -2.31. The van der Waals surface area contributed by atoms with Crippen LogP contribution in [0.5, 0.6) is 5.75 Å². The van der Waals surface area contributed by atoms with E-state index in [2.05, 4.69) is 71.1 Å². The van der Waals surface area contributed by atoms with Crippen molar-refractivity contribution in [3.8, 4) is 5.75 Å². The summed E-state index contributed by atoms with van der Waals surface area (Å²) in [6, 6.07) is 8.97. The summed E-state index contributed by atoms with van der Waals surface area (Å²) in [5, 5.41) is 3.50. The Bertz CT molecular complexity index is 395. The van der Waals surface area contributed by atoms with Crippen LogP contribution in [-0.4, -0.2) is 18.7 Å². The molecular formula is C18H31NO. The number of rotatable bonds is 7. The van der Waals surface area contributed by atoms with Crippen molar-refractivity contribution < 1.29 is 4.74 Å². The van der Waals surface area contributed by atoms with Crippen LogP contribution in [0, 0.1) is 0 Å². The van der Waals surface area contributed by atoms with Gasteiger partial charge in [-0.3, -0.25) is 0 Å². The molecule has 0 amide bonds. The van der Waals surface area contributed by atoms with Crippen molar-refractivity contribution in [2.75, 3.05) is 6.54 Å². The highest BCUT2D eigenvalue weighted by molar-refractivity contribution is 5.32. The van der Waals surface area contributed by atoms with Crippen LogP contribution >= 0.6 is 0 Å². The van der Waals surface area contributed by atoms with E-state index < -0.39 is 0 Å². The van der Waals surface area contributed by atoms with Crippen molar-refractivity contribution in [1.82, 2.24) is 5.32 Å². The van der Waals surface area contributed by atoms with E-state index in [1.165, 1.54) is 12.0 Å². The third kappa shape index (κ3) is 5.96. The van der Waals surface area contributed by atoms with Gasteiger partial charge in [0.15, 0.2) is 0 Å². The second-order valence-corrected chi connectivity index (χ2v) is 6.80. The molecule has 0 heterocycles. The molecule has 2 heteroatoms. The van der Waals surface area contributed by atoms with Gasteiger partial charge in [-0.25, -0.2) is 0 Å². The summed E-state index contributed by atoms with van der Waals surface area (Å²) in [7, 11) is 0. The molecule has 1 aromatic rings. The topological polar surface area (TPSA) is 21.3 Å². The summed E-state index contributed by atoms with van der Waals surface area (Å²) in [6.07, 6.45) is 2.43. The van der Waals surface area contributed by atoms with Crippen molar-refractivity contribution in [2.24, 2.45) is 0 Å². The molecule has 114 valence electrons. The van der Waals surface area contributed by atoms with Gasteiger partial charge in [0.1, 0.15) is 5.75 Å². The zero-order valence-corrected chi connectivity index (χ0v) is 14.0. The maximum absolute atomic E-state index is 6.06. The first-order valence-corrected chi connectivity index (χ1v) is 7.83. The highest BCUT2D eigenvalue weighted by Crippen LogP contribution is 2.26. The SMILES string of the molecule is CCCNC(C)CC(C)Oc1cccc(C(C)(C)C)c1. The lowest BCUT2D eigenvalue weighted by molar-refractivity contribution is 0.195. The van der Waals surface area contributed by atoms with Crippen molar-refractivity contribution in [3.63, 3.8) is 0 Å². The average Bonchev–Trinajstić information content (AvgIpc) is 2.35. The van der Waals surface area contributed by atoms with Gasteiger partial charge in [-0.2, -0.15) is 0 Å². The number of benzene rings is 1. The Morgan fingerprint density at radius 3 is 2.50 bits per heavy atom. The largest absolute Gasteiger partial charge is 0.491 e. The number of ether oxygens (including phenoxy) is 1. The molecule has 1 aromatic carbocycles. The van der Waals surface area contributed by atoms with Crippen molar-refractivity contribution in [1.29, 1.82) is 0 Å². The second kappa shape index (κ2) is 7.68. The highest BCUT2D eigenvalue weighted by atomic mass is 16.5. The van der Waals surface area contributed by atoms with Crippen LogP contribution < -0.4 is 10.1 Å². The molecule has 0 saturated heterocycles. The molecule has 0 bridgehead atoms. The molecule has 0 saturated carbocycles. The van der Waals surface area contributed by atoms with E-state index in [0.29, 0.717) is 6.04 Å². The van der Waals surface area contributed by atoms with Crippen LogP contribution in [0.3, 0.4) is 0 Å². The average molecular weight is 277 g/mol. The highest BCUT2D eigenvalue weighted by Gasteiger charge is 2.15. The van der Waals surface area contributed by atoms with Gasteiger partial charge >= 0.3 is 0 Å². The molecule has 0 radical (unpaired) electrons. The van der Waals surface area contributed by atoms with E-state index in [0.717, 1.165) is 18.7 Å². The van der Waals surface area contributed by atoms with Gasteiger partial charge < -0.3 is 10.1 Å². The van der Waals surface area contributed by atoms with Crippen LogP contribution in [-0.2, 0) is 5.41 Å². The van der Waals surface area contributed by atoms with E-state index in [-0.39, 0.29) is 11.5 Å². The lowest BCUT2D eigenvalue weighted by Gasteiger charge is -2.22. The molecule has 0 aliphatic carbocycles. The Morgan fingerprint density at radius 2 is 1.90 bits per heavy atom. The minimum absolute atomic E-state index is 0.165. The van der Waals surface area contributed by atoms with Crippen molar-refractivity contribution in [3.05, 3.63) is 29.8 Å². The quantitative estimate of drug-likeness (QED) is 0.790. The molecular weight excluding hydrogens is 246 g/mol. The zero-order valence-electron chi connectivity index (χ0n) is 14.0. The molecule has 0 spiro atoms. The van der Waals surface area contributed by atoms with Crippen LogP contribution in [0.1, 0.15) is 59.9 Å². The smallest absolute Gasteiger partial charge is 0.119 e. The van der Waals surface area contributed by atoms with E-state index in [1.807, 2.05) is 0 Å². The van der Waals surface area contributed by atoms with Gasteiger partial charge in [0, 0.05) is 6.04 Å². The maximum atomic E-state index is 6.06. The Hall–Kier alpha value is -1.02. The molecule has 2 atom stereocenters. The second-order valence-electron chi connectivity index (χ2n) is 6.80. The predicted octanol–water partition coefficient (Wildman–Crippen LogP) is 4.53. The molecule has 2 unspecified atom stereocenters. The van der Waals surface area contributed by atoms with E-state index in [1.54, 1.807) is 0 Å². The molecule has 1 N–H and O–H groups in total. The molecule has 0 aromatic heterocycles. The van der Waals surface area contributed by atoms with Gasteiger partial charge in [-0.05, 0) is 56.3 Å². The van der Waals surface area contributed by atoms with Crippen LogP contribution in [0.4, 0.5) is 0 Å². The van der Waals surface area contributed by atoms with Crippen LogP contribution in [0.2, 0.25) is 0 Å². The Morgan fingerprint density at radius 1 is 1.20 bits per heavy atom. The summed E-state index contributed by atoms with van der Waals surface area (Å²) >= 11 is 0. The molecule has 2 nitrogen and oxygen atoms in total. The fraction of sp³-hybridized carbons (Fsp3) is 0.667. The third-order valence-electron chi connectivity index (χ3n) is 3.47. The Kier molecular flexibility index (Phi) is 6.54. The molecule has 0 aliphatic heterocycles. The van der Waals surface area contributed by atoms with E-state index in [9.17, 15) is 0 Å². The van der Waals surface area contributed by atoms with Gasteiger partial charge in [0.2, 0.25) is 0 Å². The standard InChI is InChI=1S/C18H31NO/c1-7-11-19-14(2)12-15(3)20-17-10-8-9-16(13-17)18(4,5)6/h8-10,13-15,19H,7,11-12H2,1-6H3. The molecule has 0 fully saturated rings. The molecule has 20 heavy (non-hydrogen) atoms. The van der Waals surface area contributed by atoms with Crippen molar-refractivity contribution in [2.45, 2.75) is 71.9 Å². The fourth-order valence-corrected chi connectivity index (χ4v) is 2.29. The van der Waals surface area contributed by atoms with Crippen molar-refractivity contribution >= 4 is 0 Å². The first-order valence-electron chi connectivity index (χ1n) is 7.83. The summed E-state index contributed by atoms with van der Waals surface area (Å²) in [4.78, 5) is 0. The van der Waals surface area contributed by atoms with Gasteiger partial charge in [0.05, 0.1) is 6.10 Å². The predicted molar refractivity (Wildman–Crippen MR) is 87.6 cm³/mol. The summed E-state index contributed by atoms with van der Waals surface area (Å²) in [5.41, 5.74) is 1.48. The first kappa shape index (κ1) is 17.0. The minimum atomic E-state index is 0.165. The first-order chi connectivity index (χ1) is 9.32. The number of hydrogen-bond acceptors (Lipinski definition) is 2. The lowest BCUT2D eigenvalue weighted by atomic mass is 9.87. The maximum Gasteiger partial charge on any atom is 0.119 e. The Labute approximate surface area is 124 Å².